The van der Waals surface area contributed by atoms with Crippen LogP contribution in [0.1, 0.15) is 5.56 Å². The summed E-state index contributed by atoms with van der Waals surface area (Å²) in [6, 6.07) is 5.22. The maximum absolute atomic E-state index is 5.90. The van der Waals surface area contributed by atoms with Crippen molar-refractivity contribution in [2.24, 2.45) is 0 Å². The Morgan fingerprint density at radius 3 is 2.35 bits per heavy atom. The van der Waals surface area contributed by atoms with E-state index in [4.69, 9.17) is 34.8 Å². The van der Waals surface area contributed by atoms with E-state index in [1.54, 1.807) is 30.6 Å². The van der Waals surface area contributed by atoms with Crippen LogP contribution in [-0.2, 0) is 5.88 Å². The van der Waals surface area contributed by atoms with E-state index >= 15 is 0 Å². The minimum atomic E-state index is 0.396. The molecule has 0 aliphatic heterocycles. The Hall–Kier alpha value is -1.03. The number of rotatable bonds is 3. The van der Waals surface area contributed by atoms with Crippen LogP contribution in [0.25, 0.3) is 0 Å². The molecule has 2 aromatic rings. The van der Waals surface area contributed by atoms with Gasteiger partial charge in [0, 0.05) is 23.6 Å². The highest BCUT2D eigenvalue weighted by molar-refractivity contribution is 6.42. The molecule has 0 fully saturated rings. The van der Waals surface area contributed by atoms with Gasteiger partial charge in [-0.3, -0.25) is 0 Å². The Kier molecular flexibility index (Phi) is 4.05. The van der Waals surface area contributed by atoms with Gasteiger partial charge in [-0.1, -0.05) is 23.2 Å². The zero-order valence-electron chi connectivity index (χ0n) is 8.62. The molecule has 6 heteroatoms. The van der Waals surface area contributed by atoms with Crippen LogP contribution in [-0.4, -0.2) is 9.97 Å². The zero-order valence-corrected chi connectivity index (χ0v) is 10.9. The van der Waals surface area contributed by atoms with Gasteiger partial charge in [0.1, 0.15) is 0 Å². The van der Waals surface area contributed by atoms with E-state index in [0.29, 0.717) is 21.9 Å². The number of halogens is 3. The van der Waals surface area contributed by atoms with Gasteiger partial charge in [-0.15, -0.1) is 11.6 Å². The SMILES string of the molecule is ClCc1cnc(Nc2ccc(Cl)c(Cl)c2)nc1. The van der Waals surface area contributed by atoms with Gasteiger partial charge >= 0.3 is 0 Å². The highest BCUT2D eigenvalue weighted by atomic mass is 35.5. The summed E-state index contributed by atoms with van der Waals surface area (Å²) in [7, 11) is 0. The van der Waals surface area contributed by atoms with E-state index in [1.807, 2.05) is 0 Å². The molecule has 0 amide bonds. The smallest absolute Gasteiger partial charge is 0.227 e. The molecule has 88 valence electrons. The third-order valence-corrected chi connectivity index (χ3v) is 3.08. The molecule has 0 bridgehead atoms. The lowest BCUT2D eigenvalue weighted by Crippen LogP contribution is -1.97. The average molecular weight is 289 g/mol. The lowest BCUT2D eigenvalue weighted by Gasteiger charge is -2.05. The van der Waals surface area contributed by atoms with E-state index in [2.05, 4.69) is 15.3 Å². The molecule has 0 unspecified atom stereocenters. The Bertz CT molecular complexity index is 514. The van der Waals surface area contributed by atoms with Crippen LogP contribution < -0.4 is 5.32 Å². The third-order valence-electron chi connectivity index (χ3n) is 2.04. The number of nitrogens with zero attached hydrogens (tertiary/aromatic N) is 2. The normalized spacial score (nSPS) is 10.3. The van der Waals surface area contributed by atoms with Crippen molar-refractivity contribution < 1.29 is 0 Å². The molecule has 1 aromatic heterocycles. The first-order valence-electron chi connectivity index (χ1n) is 4.78. The van der Waals surface area contributed by atoms with Crippen LogP contribution in [0.3, 0.4) is 0 Å². The number of aromatic nitrogens is 2. The second-order valence-electron chi connectivity index (χ2n) is 3.30. The Morgan fingerprint density at radius 2 is 1.76 bits per heavy atom. The number of hydrogen-bond acceptors (Lipinski definition) is 3. The molecule has 1 aromatic carbocycles. The number of alkyl halides is 1. The lowest BCUT2D eigenvalue weighted by atomic mass is 10.3. The molecular weight excluding hydrogens is 281 g/mol. The van der Waals surface area contributed by atoms with Crippen LogP contribution in [0.5, 0.6) is 0 Å². The molecule has 0 saturated heterocycles. The molecule has 0 saturated carbocycles. The predicted octanol–water partition coefficient (Wildman–Crippen LogP) is 4.27. The molecule has 2 rings (SSSR count). The molecule has 17 heavy (non-hydrogen) atoms. The van der Waals surface area contributed by atoms with E-state index in [1.165, 1.54) is 0 Å². The summed E-state index contributed by atoms with van der Waals surface area (Å²) in [5, 5.41) is 4.01. The fraction of sp³-hybridized carbons (Fsp3) is 0.0909. The fourth-order valence-corrected chi connectivity index (χ4v) is 1.63. The Labute approximate surface area is 114 Å². The first-order valence-corrected chi connectivity index (χ1v) is 6.07. The number of anilines is 2. The summed E-state index contributed by atoms with van der Waals surface area (Å²) < 4.78 is 0. The summed E-state index contributed by atoms with van der Waals surface area (Å²) in [6.45, 7) is 0. The Morgan fingerprint density at radius 1 is 1.06 bits per heavy atom. The standard InChI is InChI=1S/C11H8Cl3N3/c12-4-7-5-15-11(16-6-7)17-8-1-2-9(13)10(14)3-8/h1-3,5-6H,4H2,(H,15,16,17). The maximum atomic E-state index is 5.90. The average Bonchev–Trinajstić information content (AvgIpc) is 2.35. The molecule has 0 aliphatic carbocycles. The summed E-state index contributed by atoms with van der Waals surface area (Å²) in [4.78, 5) is 8.23. The van der Waals surface area contributed by atoms with Gasteiger partial charge in [0.25, 0.3) is 0 Å². The second-order valence-corrected chi connectivity index (χ2v) is 4.38. The molecule has 3 nitrogen and oxygen atoms in total. The summed E-state index contributed by atoms with van der Waals surface area (Å²) in [5.74, 6) is 0.879. The topological polar surface area (TPSA) is 37.8 Å². The first kappa shape index (κ1) is 12.4. The van der Waals surface area contributed by atoms with Crippen molar-refractivity contribution in [1.82, 2.24) is 9.97 Å². The molecule has 0 spiro atoms. The van der Waals surface area contributed by atoms with Crippen molar-refractivity contribution in [2.45, 2.75) is 5.88 Å². The summed E-state index contributed by atoms with van der Waals surface area (Å²) >= 11 is 17.4. The van der Waals surface area contributed by atoms with Gasteiger partial charge in [0.05, 0.1) is 15.9 Å². The van der Waals surface area contributed by atoms with Gasteiger partial charge < -0.3 is 5.32 Å². The molecule has 0 radical (unpaired) electrons. The monoisotopic (exact) mass is 287 g/mol. The van der Waals surface area contributed by atoms with E-state index in [-0.39, 0.29) is 0 Å². The lowest BCUT2D eigenvalue weighted by molar-refractivity contribution is 1.12. The second kappa shape index (κ2) is 5.54. The number of hydrogen-bond donors (Lipinski definition) is 1. The van der Waals surface area contributed by atoms with Crippen molar-refractivity contribution in [1.29, 1.82) is 0 Å². The van der Waals surface area contributed by atoms with Crippen LogP contribution >= 0.6 is 34.8 Å². The largest absolute Gasteiger partial charge is 0.324 e. The van der Waals surface area contributed by atoms with Gasteiger partial charge in [-0.05, 0) is 18.2 Å². The maximum Gasteiger partial charge on any atom is 0.227 e. The van der Waals surface area contributed by atoms with Crippen LogP contribution in [0.15, 0.2) is 30.6 Å². The highest BCUT2D eigenvalue weighted by Crippen LogP contribution is 2.26. The molecular formula is C11H8Cl3N3. The number of nitrogens with one attached hydrogen (secondary N) is 1. The minimum Gasteiger partial charge on any atom is -0.324 e. The quantitative estimate of drug-likeness (QED) is 0.857. The van der Waals surface area contributed by atoms with Gasteiger partial charge in [-0.2, -0.15) is 0 Å². The van der Waals surface area contributed by atoms with Crippen molar-refractivity contribution in [3.63, 3.8) is 0 Å². The van der Waals surface area contributed by atoms with E-state index in [9.17, 15) is 0 Å². The molecule has 0 atom stereocenters. The summed E-state index contributed by atoms with van der Waals surface area (Å²) in [5.41, 5.74) is 1.64. The van der Waals surface area contributed by atoms with Crippen molar-refractivity contribution in [3.05, 3.63) is 46.2 Å². The molecule has 0 aliphatic rings. The third kappa shape index (κ3) is 3.22. The molecule has 1 heterocycles. The van der Waals surface area contributed by atoms with Crippen LogP contribution in [0.4, 0.5) is 11.6 Å². The van der Waals surface area contributed by atoms with Crippen molar-refractivity contribution in [2.75, 3.05) is 5.32 Å². The summed E-state index contributed by atoms with van der Waals surface area (Å²) in [6.07, 6.45) is 3.33. The zero-order chi connectivity index (χ0) is 12.3. The minimum absolute atomic E-state index is 0.396. The highest BCUT2D eigenvalue weighted by Gasteiger charge is 2.01. The van der Waals surface area contributed by atoms with Gasteiger partial charge in [0.15, 0.2) is 0 Å². The van der Waals surface area contributed by atoms with Crippen molar-refractivity contribution >= 4 is 46.4 Å². The van der Waals surface area contributed by atoms with Crippen LogP contribution in [0.2, 0.25) is 10.0 Å². The van der Waals surface area contributed by atoms with Gasteiger partial charge in [-0.25, -0.2) is 9.97 Å². The van der Waals surface area contributed by atoms with Gasteiger partial charge in [0.2, 0.25) is 5.95 Å². The Balaban J connectivity index is 2.16. The van der Waals surface area contributed by atoms with Crippen LogP contribution in [0, 0.1) is 0 Å². The predicted molar refractivity (Wildman–Crippen MR) is 71.3 cm³/mol. The van der Waals surface area contributed by atoms with Crippen molar-refractivity contribution in [3.8, 4) is 0 Å². The molecule has 1 N–H and O–H groups in total. The van der Waals surface area contributed by atoms with E-state index < -0.39 is 0 Å². The fourth-order valence-electron chi connectivity index (χ4n) is 1.19. The van der Waals surface area contributed by atoms with E-state index in [0.717, 1.165) is 11.3 Å². The first-order chi connectivity index (χ1) is 8.19. The number of benzene rings is 1.